The summed E-state index contributed by atoms with van der Waals surface area (Å²) in [5.74, 6) is -0.800. The summed E-state index contributed by atoms with van der Waals surface area (Å²) in [6.45, 7) is 3.85. The van der Waals surface area contributed by atoms with Crippen molar-refractivity contribution in [1.29, 1.82) is 0 Å². The van der Waals surface area contributed by atoms with Gasteiger partial charge in [-0.3, -0.25) is 0 Å². The van der Waals surface area contributed by atoms with E-state index in [1.165, 1.54) is 0 Å². The molecule has 94 valence electrons. The van der Waals surface area contributed by atoms with Crippen LogP contribution in [0.5, 0.6) is 0 Å². The van der Waals surface area contributed by atoms with Crippen molar-refractivity contribution in [1.82, 2.24) is 5.32 Å². The van der Waals surface area contributed by atoms with Crippen LogP contribution in [0, 0.1) is 0 Å². The highest BCUT2D eigenvalue weighted by molar-refractivity contribution is 5.67. The van der Waals surface area contributed by atoms with E-state index in [0.717, 1.165) is 32.1 Å². The fourth-order valence-electron chi connectivity index (χ4n) is 1.95. The van der Waals surface area contributed by atoms with Crippen molar-refractivity contribution in [2.75, 3.05) is 6.73 Å². The van der Waals surface area contributed by atoms with Crippen molar-refractivity contribution < 1.29 is 14.3 Å². The third-order valence-electron chi connectivity index (χ3n) is 2.65. The first-order valence-electron chi connectivity index (χ1n) is 5.91. The molecule has 0 atom stereocenters. The maximum Gasteiger partial charge on any atom is 0.409 e. The van der Waals surface area contributed by atoms with Gasteiger partial charge in [0, 0.05) is 18.9 Å². The molecule has 0 aliphatic heterocycles. The van der Waals surface area contributed by atoms with Crippen molar-refractivity contribution in [2.45, 2.75) is 57.8 Å². The Morgan fingerprint density at radius 1 is 1.38 bits per heavy atom. The zero-order valence-electron chi connectivity index (χ0n) is 10.1. The Morgan fingerprint density at radius 2 is 2.00 bits per heavy atom. The fourth-order valence-corrected chi connectivity index (χ4v) is 1.95. The molecule has 0 aromatic carbocycles. The molecule has 1 aliphatic carbocycles. The molecule has 1 fully saturated rings. The third-order valence-corrected chi connectivity index (χ3v) is 2.65. The van der Waals surface area contributed by atoms with Gasteiger partial charge in [0.05, 0.1) is 6.73 Å². The topological polar surface area (TPSA) is 73.6 Å². The van der Waals surface area contributed by atoms with Crippen LogP contribution in [0.15, 0.2) is 0 Å². The normalized spacial score (nSPS) is 19.5. The summed E-state index contributed by atoms with van der Waals surface area (Å²) in [5, 5.41) is 2.69. The highest BCUT2D eigenvalue weighted by atomic mass is 16.7. The van der Waals surface area contributed by atoms with Crippen LogP contribution >= 0.6 is 0 Å². The van der Waals surface area contributed by atoms with Gasteiger partial charge < -0.3 is 20.5 Å². The van der Waals surface area contributed by atoms with Gasteiger partial charge >= 0.3 is 6.09 Å². The zero-order chi connectivity index (χ0) is 12.0. The molecule has 1 rings (SSSR count). The zero-order valence-corrected chi connectivity index (χ0v) is 10.1. The molecular weight excluding hydrogens is 208 g/mol. The number of carbonyl (C=O) groups excluding carboxylic acids is 1. The molecular formula is C11H22N2O3. The summed E-state index contributed by atoms with van der Waals surface area (Å²) in [6.07, 6.45) is 4.21. The Bertz CT molecular complexity index is 220. The van der Waals surface area contributed by atoms with E-state index in [-0.39, 0.29) is 12.8 Å². The highest BCUT2D eigenvalue weighted by Crippen LogP contribution is 2.32. The minimum Gasteiger partial charge on any atom is -0.417 e. The molecule has 16 heavy (non-hydrogen) atoms. The van der Waals surface area contributed by atoms with Crippen molar-refractivity contribution in [3.63, 3.8) is 0 Å². The summed E-state index contributed by atoms with van der Waals surface area (Å²) in [4.78, 5) is 11.5. The standard InChI is InChI=1S/C11H22N2O3/c1-9(2)13-10(14)16-11(15-8-12)6-4-3-5-7-11/h9H,3-8,12H2,1-2H3,(H,13,14). The number of hydrogen-bond acceptors (Lipinski definition) is 4. The highest BCUT2D eigenvalue weighted by Gasteiger charge is 2.36. The van der Waals surface area contributed by atoms with Gasteiger partial charge in [0.1, 0.15) is 0 Å². The summed E-state index contributed by atoms with van der Waals surface area (Å²) in [7, 11) is 0. The van der Waals surface area contributed by atoms with Gasteiger partial charge in [0.25, 0.3) is 0 Å². The van der Waals surface area contributed by atoms with Gasteiger partial charge in [-0.1, -0.05) is 6.42 Å². The van der Waals surface area contributed by atoms with Crippen LogP contribution in [0.4, 0.5) is 4.79 Å². The van der Waals surface area contributed by atoms with E-state index in [0.29, 0.717) is 0 Å². The number of hydrogen-bond donors (Lipinski definition) is 2. The van der Waals surface area contributed by atoms with Crippen LogP contribution in [0.2, 0.25) is 0 Å². The Hall–Kier alpha value is -0.810. The molecule has 0 heterocycles. The fraction of sp³-hybridized carbons (Fsp3) is 0.909. The van der Waals surface area contributed by atoms with Crippen molar-refractivity contribution in [3.05, 3.63) is 0 Å². The summed E-state index contributed by atoms with van der Waals surface area (Å²) < 4.78 is 10.8. The number of carbonyl (C=O) groups is 1. The summed E-state index contributed by atoms with van der Waals surface area (Å²) >= 11 is 0. The minimum absolute atomic E-state index is 0.0611. The number of ether oxygens (including phenoxy) is 2. The molecule has 1 aliphatic rings. The van der Waals surface area contributed by atoms with E-state index in [4.69, 9.17) is 15.2 Å². The molecule has 0 spiro atoms. The molecule has 0 saturated heterocycles. The first-order chi connectivity index (χ1) is 7.58. The van der Waals surface area contributed by atoms with E-state index in [1.807, 2.05) is 13.8 Å². The average Bonchev–Trinajstić information content (AvgIpc) is 2.17. The molecule has 0 aromatic rings. The van der Waals surface area contributed by atoms with Crippen molar-refractivity contribution in [2.24, 2.45) is 5.73 Å². The van der Waals surface area contributed by atoms with Crippen LogP contribution < -0.4 is 11.1 Å². The largest absolute Gasteiger partial charge is 0.417 e. The molecule has 5 heteroatoms. The molecule has 0 bridgehead atoms. The first kappa shape index (κ1) is 13.3. The van der Waals surface area contributed by atoms with Crippen molar-refractivity contribution >= 4 is 6.09 Å². The quantitative estimate of drug-likeness (QED) is 0.721. The maximum atomic E-state index is 11.5. The lowest BCUT2D eigenvalue weighted by molar-refractivity contribution is -0.217. The van der Waals surface area contributed by atoms with Gasteiger partial charge in [-0.15, -0.1) is 0 Å². The van der Waals surface area contributed by atoms with Gasteiger partial charge in [-0.25, -0.2) is 4.79 Å². The molecule has 0 unspecified atom stereocenters. The van der Waals surface area contributed by atoms with E-state index in [1.54, 1.807) is 0 Å². The van der Waals surface area contributed by atoms with Crippen LogP contribution in [-0.2, 0) is 9.47 Å². The van der Waals surface area contributed by atoms with E-state index >= 15 is 0 Å². The van der Waals surface area contributed by atoms with Crippen LogP contribution in [-0.4, -0.2) is 24.7 Å². The first-order valence-corrected chi connectivity index (χ1v) is 5.91. The van der Waals surface area contributed by atoms with Gasteiger partial charge in [0.15, 0.2) is 0 Å². The van der Waals surface area contributed by atoms with Crippen molar-refractivity contribution in [3.8, 4) is 0 Å². The molecule has 5 nitrogen and oxygen atoms in total. The third kappa shape index (κ3) is 3.98. The Labute approximate surface area is 96.7 Å². The van der Waals surface area contributed by atoms with E-state index in [2.05, 4.69) is 5.32 Å². The number of nitrogens with two attached hydrogens (primary N) is 1. The van der Waals surface area contributed by atoms with Crippen LogP contribution in [0.1, 0.15) is 46.0 Å². The molecule has 0 radical (unpaired) electrons. The SMILES string of the molecule is CC(C)NC(=O)OC1(OCN)CCCCC1. The Morgan fingerprint density at radius 3 is 2.50 bits per heavy atom. The van der Waals surface area contributed by atoms with Gasteiger partial charge in [0.2, 0.25) is 5.79 Å². The maximum absolute atomic E-state index is 11.5. The monoisotopic (exact) mass is 230 g/mol. The molecule has 0 aromatic heterocycles. The predicted octanol–water partition coefficient (Wildman–Crippen LogP) is 1.71. The number of alkyl carbamates (subject to hydrolysis) is 1. The lowest BCUT2D eigenvalue weighted by Crippen LogP contribution is -2.45. The predicted molar refractivity (Wildman–Crippen MR) is 60.7 cm³/mol. The Kier molecular flexibility index (Phi) is 5.02. The van der Waals surface area contributed by atoms with Crippen LogP contribution in [0.25, 0.3) is 0 Å². The molecule has 3 N–H and O–H groups in total. The smallest absolute Gasteiger partial charge is 0.409 e. The summed E-state index contributed by atoms with van der Waals surface area (Å²) in [6, 6.07) is 0.0611. The number of rotatable bonds is 4. The summed E-state index contributed by atoms with van der Waals surface area (Å²) in [5.41, 5.74) is 5.39. The second kappa shape index (κ2) is 6.06. The molecule has 1 amide bonds. The Balaban J connectivity index is 2.52. The van der Waals surface area contributed by atoms with E-state index < -0.39 is 11.9 Å². The number of amides is 1. The number of nitrogens with one attached hydrogen (secondary N) is 1. The lowest BCUT2D eigenvalue weighted by Gasteiger charge is -2.35. The molecule has 1 saturated carbocycles. The second-order valence-corrected chi connectivity index (χ2v) is 4.47. The van der Waals surface area contributed by atoms with E-state index in [9.17, 15) is 4.79 Å². The lowest BCUT2D eigenvalue weighted by atomic mass is 9.94. The second-order valence-electron chi connectivity index (χ2n) is 4.47. The average molecular weight is 230 g/mol. The van der Waals surface area contributed by atoms with Crippen LogP contribution in [0.3, 0.4) is 0 Å². The minimum atomic E-state index is -0.800. The van der Waals surface area contributed by atoms with Gasteiger partial charge in [-0.05, 0) is 26.7 Å². The van der Waals surface area contributed by atoms with Gasteiger partial charge in [-0.2, -0.15) is 0 Å².